The van der Waals surface area contributed by atoms with Crippen molar-refractivity contribution < 1.29 is 9.72 Å². The fourth-order valence-corrected chi connectivity index (χ4v) is 1.48. The van der Waals surface area contributed by atoms with Crippen LogP contribution in [0.3, 0.4) is 0 Å². The number of hydrogen-bond donors (Lipinski definition) is 1. The summed E-state index contributed by atoms with van der Waals surface area (Å²) in [7, 11) is 0. The Morgan fingerprint density at radius 1 is 1.56 bits per heavy atom. The van der Waals surface area contributed by atoms with Crippen LogP contribution in [0.5, 0.6) is 0 Å². The minimum atomic E-state index is -0.614. The van der Waals surface area contributed by atoms with E-state index in [1.165, 1.54) is 18.2 Å². The van der Waals surface area contributed by atoms with E-state index >= 15 is 0 Å². The predicted molar refractivity (Wildman–Crippen MR) is 68.5 cm³/mol. The molecule has 0 atom stereocenters. The van der Waals surface area contributed by atoms with Crippen molar-refractivity contribution in [2.45, 2.75) is 13.3 Å². The Balaban J connectivity index is 2.85. The van der Waals surface area contributed by atoms with Crippen LogP contribution in [0.4, 0.5) is 5.69 Å². The van der Waals surface area contributed by atoms with E-state index in [1.807, 2.05) is 0 Å². The van der Waals surface area contributed by atoms with Crippen molar-refractivity contribution in [2.75, 3.05) is 6.54 Å². The average molecular weight is 267 g/mol. The number of nitro groups is 1. The van der Waals surface area contributed by atoms with Gasteiger partial charge in [-0.2, -0.15) is 0 Å². The van der Waals surface area contributed by atoms with E-state index in [0.717, 1.165) is 0 Å². The Morgan fingerprint density at radius 3 is 2.89 bits per heavy atom. The topological polar surface area (TPSA) is 72.2 Å². The van der Waals surface area contributed by atoms with Crippen molar-refractivity contribution >= 4 is 23.2 Å². The molecular weight excluding hydrogens is 256 g/mol. The molecule has 0 unspecified atom stereocenters. The molecule has 18 heavy (non-hydrogen) atoms. The van der Waals surface area contributed by atoms with Crippen LogP contribution in [0, 0.1) is 22.0 Å². The van der Waals surface area contributed by atoms with Crippen LogP contribution in [0.15, 0.2) is 18.2 Å². The maximum absolute atomic E-state index is 11.8. The summed E-state index contributed by atoms with van der Waals surface area (Å²) in [6.07, 6.45) is 0.497. The minimum Gasteiger partial charge on any atom is -0.351 e. The van der Waals surface area contributed by atoms with Gasteiger partial charge in [-0.3, -0.25) is 14.9 Å². The number of hydrogen-bond acceptors (Lipinski definition) is 3. The van der Waals surface area contributed by atoms with Gasteiger partial charge in [0.2, 0.25) is 0 Å². The minimum absolute atomic E-state index is 0.0445. The first-order valence-corrected chi connectivity index (χ1v) is 5.55. The zero-order valence-electron chi connectivity index (χ0n) is 9.70. The molecule has 94 valence electrons. The molecule has 1 aromatic rings. The van der Waals surface area contributed by atoms with Crippen LogP contribution in [0.2, 0.25) is 5.02 Å². The van der Waals surface area contributed by atoms with Crippen LogP contribution < -0.4 is 5.32 Å². The van der Waals surface area contributed by atoms with E-state index in [-0.39, 0.29) is 16.3 Å². The van der Waals surface area contributed by atoms with Gasteiger partial charge in [0.1, 0.15) is 5.56 Å². The Kier molecular flexibility index (Phi) is 5.15. The molecule has 0 spiro atoms. The fourth-order valence-electron chi connectivity index (χ4n) is 1.31. The first-order chi connectivity index (χ1) is 8.56. The second kappa shape index (κ2) is 6.62. The van der Waals surface area contributed by atoms with E-state index in [1.54, 1.807) is 6.92 Å². The zero-order valence-corrected chi connectivity index (χ0v) is 10.5. The largest absolute Gasteiger partial charge is 0.351 e. The number of benzene rings is 1. The van der Waals surface area contributed by atoms with Crippen molar-refractivity contribution in [2.24, 2.45) is 0 Å². The molecule has 0 saturated heterocycles. The Labute approximate surface area is 109 Å². The molecular formula is C12H11ClN2O3. The van der Waals surface area contributed by atoms with Crippen molar-refractivity contribution in [3.8, 4) is 11.8 Å². The van der Waals surface area contributed by atoms with Gasteiger partial charge in [0.25, 0.3) is 11.6 Å². The summed E-state index contributed by atoms with van der Waals surface area (Å²) in [5, 5.41) is 13.6. The summed E-state index contributed by atoms with van der Waals surface area (Å²) >= 11 is 5.72. The number of nitrogens with one attached hydrogen (secondary N) is 1. The molecule has 1 rings (SSSR count). The third-order valence-corrected chi connectivity index (χ3v) is 2.35. The standard InChI is InChI=1S/C12H11ClN2O3/c1-2-3-4-7-14-12(16)10-8-9(13)5-6-11(10)15(17)18/h5-6,8H,4,7H2,1H3,(H,14,16). The molecule has 0 radical (unpaired) electrons. The highest BCUT2D eigenvalue weighted by Gasteiger charge is 2.19. The van der Waals surface area contributed by atoms with Crippen LogP contribution in [0.25, 0.3) is 0 Å². The van der Waals surface area contributed by atoms with E-state index in [9.17, 15) is 14.9 Å². The summed E-state index contributed by atoms with van der Waals surface area (Å²) in [6, 6.07) is 3.86. The molecule has 0 aliphatic carbocycles. The van der Waals surface area contributed by atoms with Crippen molar-refractivity contribution in [3.05, 3.63) is 38.9 Å². The number of carbonyl (C=O) groups is 1. The Morgan fingerprint density at radius 2 is 2.28 bits per heavy atom. The number of rotatable bonds is 4. The van der Waals surface area contributed by atoms with E-state index in [2.05, 4.69) is 17.2 Å². The van der Waals surface area contributed by atoms with Gasteiger partial charge in [0.15, 0.2) is 0 Å². The maximum Gasteiger partial charge on any atom is 0.282 e. The van der Waals surface area contributed by atoms with Crippen LogP contribution in [-0.4, -0.2) is 17.4 Å². The number of amides is 1. The second-order valence-electron chi connectivity index (χ2n) is 3.35. The second-order valence-corrected chi connectivity index (χ2v) is 3.79. The first-order valence-electron chi connectivity index (χ1n) is 5.18. The lowest BCUT2D eigenvalue weighted by Gasteiger charge is -2.04. The highest BCUT2D eigenvalue weighted by molar-refractivity contribution is 6.31. The van der Waals surface area contributed by atoms with Gasteiger partial charge in [0.05, 0.1) is 4.92 Å². The summed E-state index contributed by atoms with van der Waals surface area (Å²) < 4.78 is 0. The van der Waals surface area contributed by atoms with Crippen molar-refractivity contribution in [1.82, 2.24) is 5.32 Å². The smallest absolute Gasteiger partial charge is 0.282 e. The third-order valence-electron chi connectivity index (χ3n) is 2.11. The Hall–Kier alpha value is -2.06. The van der Waals surface area contributed by atoms with Crippen LogP contribution in [-0.2, 0) is 0 Å². The first kappa shape index (κ1) is 14.0. The monoisotopic (exact) mass is 266 g/mol. The summed E-state index contributed by atoms with van der Waals surface area (Å²) in [5.74, 6) is 4.94. The number of nitrogens with zero attached hydrogens (tertiary/aromatic N) is 1. The molecule has 5 nitrogen and oxygen atoms in total. The van der Waals surface area contributed by atoms with Gasteiger partial charge in [-0.05, 0) is 19.1 Å². The molecule has 0 aliphatic heterocycles. The van der Waals surface area contributed by atoms with Crippen molar-refractivity contribution in [3.63, 3.8) is 0 Å². The van der Waals surface area contributed by atoms with Crippen LogP contribution in [0.1, 0.15) is 23.7 Å². The summed E-state index contributed by atoms with van der Waals surface area (Å²) in [4.78, 5) is 21.9. The zero-order chi connectivity index (χ0) is 13.5. The lowest BCUT2D eigenvalue weighted by molar-refractivity contribution is -0.385. The molecule has 1 amide bonds. The lowest BCUT2D eigenvalue weighted by atomic mass is 10.1. The molecule has 0 aromatic heterocycles. The van der Waals surface area contributed by atoms with E-state index in [4.69, 9.17) is 11.6 Å². The molecule has 0 aliphatic rings. The van der Waals surface area contributed by atoms with Gasteiger partial charge in [-0.25, -0.2) is 0 Å². The normalized spacial score (nSPS) is 9.22. The third kappa shape index (κ3) is 3.75. The molecule has 0 saturated carbocycles. The predicted octanol–water partition coefficient (Wildman–Crippen LogP) is 2.39. The summed E-state index contributed by atoms with van der Waals surface area (Å²) in [6.45, 7) is 2.03. The van der Waals surface area contributed by atoms with E-state index in [0.29, 0.717) is 13.0 Å². The number of carbonyl (C=O) groups excluding carboxylic acids is 1. The van der Waals surface area contributed by atoms with Gasteiger partial charge in [-0.15, -0.1) is 11.8 Å². The van der Waals surface area contributed by atoms with Gasteiger partial charge < -0.3 is 5.32 Å². The molecule has 0 heterocycles. The quantitative estimate of drug-likeness (QED) is 0.394. The SMILES string of the molecule is CC#CCCNC(=O)c1cc(Cl)ccc1[N+](=O)[O-]. The number of nitro benzene ring substituents is 1. The lowest BCUT2D eigenvalue weighted by Crippen LogP contribution is -2.25. The van der Waals surface area contributed by atoms with Gasteiger partial charge in [-0.1, -0.05) is 11.6 Å². The summed E-state index contributed by atoms with van der Waals surface area (Å²) in [5.41, 5.74) is -0.310. The van der Waals surface area contributed by atoms with Crippen LogP contribution >= 0.6 is 11.6 Å². The highest BCUT2D eigenvalue weighted by Crippen LogP contribution is 2.22. The maximum atomic E-state index is 11.8. The molecule has 6 heteroatoms. The Bertz CT molecular complexity index is 532. The van der Waals surface area contributed by atoms with Gasteiger partial charge >= 0.3 is 0 Å². The molecule has 0 bridgehead atoms. The molecule has 1 N–H and O–H groups in total. The molecule has 1 aromatic carbocycles. The number of halogens is 1. The average Bonchev–Trinajstić information content (AvgIpc) is 2.34. The fraction of sp³-hybridized carbons (Fsp3) is 0.250. The highest BCUT2D eigenvalue weighted by atomic mass is 35.5. The van der Waals surface area contributed by atoms with Gasteiger partial charge in [0, 0.05) is 24.1 Å². The molecule has 0 fully saturated rings. The van der Waals surface area contributed by atoms with E-state index < -0.39 is 10.8 Å². The van der Waals surface area contributed by atoms with Crippen molar-refractivity contribution in [1.29, 1.82) is 0 Å².